The molecule has 15 heavy (non-hydrogen) atoms. The molecule has 6 heteroatoms. The highest BCUT2D eigenvalue weighted by atomic mass is 19.4. The van der Waals surface area contributed by atoms with E-state index in [1.807, 2.05) is 0 Å². The molecule has 0 radical (unpaired) electrons. The first-order valence-electron chi connectivity index (χ1n) is 4.91. The number of piperidine rings is 1. The number of ether oxygens (including phenoxy) is 1. The standard InChI is InChI=1S/C9H14F3NO2/c1-2-15-8(14)6-3-4-13-5-7(6)9(10,11)12/h6-7,13H,2-5H2,1H3. The number of esters is 1. The molecule has 0 aromatic carbocycles. The Morgan fingerprint density at radius 1 is 1.53 bits per heavy atom. The molecule has 1 heterocycles. The molecule has 1 N–H and O–H groups in total. The summed E-state index contributed by atoms with van der Waals surface area (Å²) in [5.74, 6) is -3.40. The highest BCUT2D eigenvalue weighted by molar-refractivity contribution is 5.73. The van der Waals surface area contributed by atoms with E-state index in [4.69, 9.17) is 0 Å². The van der Waals surface area contributed by atoms with Crippen LogP contribution in [0.3, 0.4) is 0 Å². The highest BCUT2D eigenvalue weighted by Crippen LogP contribution is 2.35. The fourth-order valence-electron chi connectivity index (χ4n) is 1.73. The molecule has 1 rings (SSSR count). The van der Waals surface area contributed by atoms with Gasteiger partial charge in [0.1, 0.15) is 0 Å². The zero-order valence-electron chi connectivity index (χ0n) is 8.43. The maximum absolute atomic E-state index is 12.5. The van der Waals surface area contributed by atoms with Crippen molar-refractivity contribution in [2.75, 3.05) is 19.7 Å². The highest BCUT2D eigenvalue weighted by Gasteiger charge is 2.48. The van der Waals surface area contributed by atoms with Crippen LogP contribution in [-0.2, 0) is 9.53 Å². The average molecular weight is 225 g/mol. The van der Waals surface area contributed by atoms with Gasteiger partial charge in [0.25, 0.3) is 0 Å². The molecule has 0 aliphatic carbocycles. The smallest absolute Gasteiger partial charge is 0.393 e. The van der Waals surface area contributed by atoms with Gasteiger partial charge in [0.2, 0.25) is 0 Å². The monoisotopic (exact) mass is 225 g/mol. The molecule has 0 aromatic heterocycles. The summed E-state index contributed by atoms with van der Waals surface area (Å²) in [6.45, 7) is 1.93. The van der Waals surface area contributed by atoms with Crippen LogP contribution in [0.15, 0.2) is 0 Å². The van der Waals surface area contributed by atoms with Gasteiger partial charge in [-0.05, 0) is 19.9 Å². The summed E-state index contributed by atoms with van der Waals surface area (Å²) in [7, 11) is 0. The third-order valence-corrected chi connectivity index (χ3v) is 2.49. The number of hydrogen-bond acceptors (Lipinski definition) is 3. The maximum atomic E-state index is 12.5. The van der Waals surface area contributed by atoms with Gasteiger partial charge in [-0.15, -0.1) is 0 Å². The second-order valence-electron chi connectivity index (χ2n) is 3.50. The van der Waals surface area contributed by atoms with Gasteiger partial charge in [-0.25, -0.2) is 0 Å². The summed E-state index contributed by atoms with van der Waals surface area (Å²) in [6.07, 6.45) is -4.16. The number of alkyl halides is 3. The molecule has 0 spiro atoms. The van der Waals surface area contributed by atoms with E-state index in [0.29, 0.717) is 6.54 Å². The van der Waals surface area contributed by atoms with Crippen LogP contribution in [0.25, 0.3) is 0 Å². The molecule has 1 fully saturated rings. The van der Waals surface area contributed by atoms with Gasteiger partial charge in [-0.1, -0.05) is 0 Å². The lowest BCUT2D eigenvalue weighted by atomic mass is 9.86. The Morgan fingerprint density at radius 3 is 2.73 bits per heavy atom. The molecule has 1 aliphatic heterocycles. The minimum absolute atomic E-state index is 0.118. The topological polar surface area (TPSA) is 38.3 Å². The van der Waals surface area contributed by atoms with E-state index >= 15 is 0 Å². The zero-order valence-corrected chi connectivity index (χ0v) is 8.43. The maximum Gasteiger partial charge on any atom is 0.393 e. The third kappa shape index (κ3) is 3.09. The summed E-state index contributed by atoms with van der Waals surface area (Å²) >= 11 is 0. The fourth-order valence-corrected chi connectivity index (χ4v) is 1.73. The van der Waals surface area contributed by atoms with Crippen LogP contribution in [-0.4, -0.2) is 31.8 Å². The van der Waals surface area contributed by atoms with Crippen molar-refractivity contribution in [3.05, 3.63) is 0 Å². The van der Waals surface area contributed by atoms with Crippen molar-refractivity contribution in [1.29, 1.82) is 0 Å². The first kappa shape index (κ1) is 12.3. The lowest BCUT2D eigenvalue weighted by Gasteiger charge is -2.31. The Hall–Kier alpha value is -0.780. The molecule has 0 aromatic rings. The number of halogens is 3. The van der Waals surface area contributed by atoms with Crippen LogP contribution < -0.4 is 5.32 Å². The van der Waals surface area contributed by atoms with Gasteiger partial charge in [0, 0.05) is 6.54 Å². The van der Waals surface area contributed by atoms with Crippen molar-refractivity contribution in [2.45, 2.75) is 19.5 Å². The third-order valence-electron chi connectivity index (χ3n) is 2.49. The van der Waals surface area contributed by atoms with Crippen LogP contribution in [0.4, 0.5) is 13.2 Å². The predicted molar refractivity (Wildman–Crippen MR) is 47.2 cm³/mol. The minimum Gasteiger partial charge on any atom is -0.466 e. The summed E-state index contributed by atoms with van der Waals surface area (Å²) in [5.41, 5.74) is 0. The predicted octanol–water partition coefficient (Wildman–Crippen LogP) is 1.34. The van der Waals surface area contributed by atoms with Crippen molar-refractivity contribution < 1.29 is 22.7 Å². The second kappa shape index (κ2) is 4.83. The van der Waals surface area contributed by atoms with E-state index in [-0.39, 0.29) is 19.6 Å². The van der Waals surface area contributed by atoms with E-state index < -0.39 is 24.0 Å². The Morgan fingerprint density at radius 2 is 2.20 bits per heavy atom. The van der Waals surface area contributed by atoms with Gasteiger partial charge < -0.3 is 10.1 Å². The molecule has 2 atom stereocenters. The second-order valence-corrected chi connectivity index (χ2v) is 3.50. The Bertz CT molecular complexity index is 230. The summed E-state index contributed by atoms with van der Waals surface area (Å²) in [5, 5.41) is 2.64. The van der Waals surface area contributed by atoms with Crippen molar-refractivity contribution >= 4 is 5.97 Å². The summed E-state index contributed by atoms with van der Waals surface area (Å²) < 4.78 is 42.3. The van der Waals surface area contributed by atoms with Gasteiger partial charge in [-0.2, -0.15) is 13.2 Å². The summed E-state index contributed by atoms with van der Waals surface area (Å²) in [6, 6.07) is 0. The molecule has 0 bridgehead atoms. The first-order chi connectivity index (χ1) is 6.96. The lowest BCUT2D eigenvalue weighted by molar-refractivity contribution is -0.201. The van der Waals surface area contributed by atoms with Crippen LogP contribution in [0.5, 0.6) is 0 Å². The summed E-state index contributed by atoms with van der Waals surface area (Å²) in [4.78, 5) is 11.3. The van der Waals surface area contributed by atoms with Crippen molar-refractivity contribution in [1.82, 2.24) is 5.32 Å². The van der Waals surface area contributed by atoms with Crippen molar-refractivity contribution in [2.24, 2.45) is 11.8 Å². The minimum atomic E-state index is -4.34. The van der Waals surface area contributed by atoms with Crippen LogP contribution in [0.1, 0.15) is 13.3 Å². The molecule has 0 saturated carbocycles. The Balaban J connectivity index is 2.70. The van der Waals surface area contributed by atoms with Gasteiger partial charge in [0.15, 0.2) is 0 Å². The number of carbonyl (C=O) groups is 1. The molecule has 0 amide bonds. The number of rotatable bonds is 2. The fraction of sp³-hybridized carbons (Fsp3) is 0.889. The quantitative estimate of drug-likeness (QED) is 0.721. The van der Waals surface area contributed by atoms with Crippen molar-refractivity contribution in [3.63, 3.8) is 0 Å². The Labute approximate surface area is 86.0 Å². The van der Waals surface area contributed by atoms with E-state index in [1.165, 1.54) is 0 Å². The van der Waals surface area contributed by atoms with Crippen LogP contribution in [0, 0.1) is 11.8 Å². The Kier molecular flexibility index (Phi) is 3.96. The number of carbonyl (C=O) groups excluding carboxylic acids is 1. The van der Waals surface area contributed by atoms with E-state index in [9.17, 15) is 18.0 Å². The normalized spacial score (nSPS) is 27.5. The molecule has 1 saturated heterocycles. The molecule has 1 aliphatic rings. The number of hydrogen-bond donors (Lipinski definition) is 1. The van der Waals surface area contributed by atoms with Crippen LogP contribution >= 0.6 is 0 Å². The zero-order chi connectivity index (χ0) is 11.5. The SMILES string of the molecule is CCOC(=O)C1CCNCC1C(F)(F)F. The van der Waals surface area contributed by atoms with Gasteiger partial charge in [-0.3, -0.25) is 4.79 Å². The van der Waals surface area contributed by atoms with Crippen LogP contribution in [0.2, 0.25) is 0 Å². The van der Waals surface area contributed by atoms with Gasteiger partial charge in [0.05, 0.1) is 18.4 Å². The largest absolute Gasteiger partial charge is 0.466 e. The van der Waals surface area contributed by atoms with Crippen molar-refractivity contribution in [3.8, 4) is 0 Å². The van der Waals surface area contributed by atoms with E-state index in [2.05, 4.69) is 10.1 Å². The first-order valence-corrected chi connectivity index (χ1v) is 4.91. The average Bonchev–Trinajstić information content (AvgIpc) is 2.17. The lowest BCUT2D eigenvalue weighted by Crippen LogP contribution is -2.47. The van der Waals surface area contributed by atoms with E-state index in [1.54, 1.807) is 6.92 Å². The van der Waals surface area contributed by atoms with E-state index in [0.717, 1.165) is 0 Å². The molecular weight excluding hydrogens is 211 g/mol. The number of nitrogens with one attached hydrogen (secondary N) is 1. The molecule has 88 valence electrons. The molecular formula is C9H14F3NO2. The van der Waals surface area contributed by atoms with Gasteiger partial charge >= 0.3 is 12.1 Å². The molecule has 3 nitrogen and oxygen atoms in total. The molecule has 2 unspecified atom stereocenters.